The summed E-state index contributed by atoms with van der Waals surface area (Å²) in [5.41, 5.74) is 0.997. The van der Waals surface area contributed by atoms with Crippen LogP contribution in [0.25, 0.3) is 0 Å². The van der Waals surface area contributed by atoms with Crippen LogP contribution in [0.15, 0.2) is 18.2 Å². The summed E-state index contributed by atoms with van der Waals surface area (Å²) in [5.74, 6) is 1.61. The van der Waals surface area contributed by atoms with E-state index >= 15 is 0 Å². The third kappa shape index (κ3) is 4.65. The molecule has 1 heterocycles. The van der Waals surface area contributed by atoms with E-state index in [0.29, 0.717) is 18.2 Å². The molecular weight excluding hydrogens is 274 g/mol. The maximum Gasteiger partial charge on any atom is 0.122 e. The molecule has 0 aliphatic carbocycles. The van der Waals surface area contributed by atoms with Crippen LogP contribution in [0.4, 0.5) is 0 Å². The lowest BCUT2D eigenvalue weighted by atomic mass is 9.99. The Balaban J connectivity index is 1.76. The molecule has 112 valence electrons. The molecule has 0 unspecified atom stereocenters. The molecule has 1 N–H and O–H groups in total. The predicted octanol–water partition coefficient (Wildman–Crippen LogP) is 3.12. The van der Waals surface area contributed by atoms with E-state index in [9.17, 15) is 5.11 Å². The van der Waals surface area contributed by atoms with Crippen molar-refractivity contribution in [3.63, 3.8) is 0 Å². The van der Waals surface area contributed by atoms with Crippen molar-refractivity contribution in [2.45, 2.75) is 32.8 Å². The van der Waals surface area contributed by atoms with Crippen LogP contribution in [0, 0.1) is 12.8 Å². The Kier molecular flexibility index (Phi) is 5.70. The largest absolute Gasteiger partial charge is 0.491 e. The molecule has 20 heavy (non-hydrogen) atoms. The Hall–Kier alpha value is -0.770. The predicted molar refractivity (Wildman–Crippen MR) is 82.5 cm³/mol. The van der Waals surface area contributed by atoms with Gasteiger partial charge in [-0.1, -0.05) is 18.5 Å². The standard InChI is InChI=1S/C16H24ClNO2/c1-12-5-7-18(8-6-12)10-15(19)11-20-16-4-3-14(17)9-13(16)2/h3-4,9,12,15,19H,5-8,10-11H2,1-2H3/t15-/m0/s1. The highest BCUT2D eigenvalue weighted by atomic mass is 35.5. The van der Waals surface area contributed by atoms with Crippen LogP contribution >= 0.6 is 11.6 Å². The van der Waals surface area contributed by atoms with Gasteiger partial charge in [0.05, 0.1) is 0 Å². The summed E-state index contributed by atoms with van der Waals surface area (Å²) in [4.78, 5) is 2.32. The van der Waals surface area contributed by atoms with Gasteiger partial charge >= 0.3 is 0 Å². The highest BCUT2D eigenvalue weighted by Crippen LogP contribution is 2.22. The minimum absolute atomic E-state index is 0.328. The van der Waals surface area contributed by atoms with E-state index in [0.717, 1.165) is 30.3 Å². The Morgan fingerprint density at radius 3 is 2.75 bits per heavy atom. The number of aliphatic hydroxyl groups excluding tert-OH is 1. The van der Waals surface area contributed by atoms with Crippen LogP contribution < -0.4 is 4.74 Å². The van der Waals surface area contributed by atoms with Gasteiger partial charge in [0.2, 0.25) is 0 Å². The van der Waals surface area contributed by atoms with Crippen LogP contribution in [-0.2, 0) is 0 Å². The number of rotatable bonds is 5. The van der Waals surface area contributed by atoms with Gasteiger partial charge in [-0.05, 0) is 62.5 Å². The number of aliphatic hydroxyl groups is 1. The van der Waals surface area contributed by atoms with Crippen molar-refractivity contribution in [2.24, 2.45) is 5.92 Å². The summed E-state index contributed by atoms with van der Waals surface area (Å²) in [6.45, 7) is 7.43. The van der Waals surface area contributed by atoms with Crippen LogP contribution in [0.1, 0.15) is 25.3 Å². The lowest BCUT2D eigenvalue weighted by molar-refractivity contribution is 0.0561. The molecule has 1 atom stereocenters. The molecule has 1 aromatic rings. The maximum absolute atomic E-state index is 10.1. The Labute approximate surface area is 126 Å². The van der Waals surface area contributed by atoms with Crippen LogP contribution in [0.3, 0.4) is 0 Å². The average Bonchev–Trinajstić information content (AvgIpc) is 2.40. The minimum atomic E-state index is -0.446. The van der Waals surface area contributed by atoms with Gasteiger partial charge in [0, 0.05) is 11.6 Å². The fourth-order valence-corrected chi connectivity index (χ4v) is 2.78. The molecule has 0 aromatic heterocycles. The molecule has 0 bridgehead atoms. The highest BCUT2D eigenvalue weighted by molar-refractivity contribution is 6.30. The Morgan fingerprint density at radius 1 is 1.40 bits per heavy atom. The number of ether oxygens (including phenoxy) is 1. The number of hydrogen-bond donors (Lipinski definition) is 1. The first kappa shape index (κ1) is 15.6. The van der Waals surface area contributed by atoms with Crippen molar-refractivity contribution >= 4 is 11.6 Å². The van der Waals surface area contributed by atoms with Crippen molar-refractivity contribution in [1.29, 1.82) is 0 Å². The Morgan fingerprint density at radius 2 is 2.10 bits per heavy atom. The lowest BCUT2D eigenvalue weighted by Crippen LogP contribution is -2.40. The van der Waals surface area contributed by atoms with Gasteiger partial charge in [0.25, 0.3) is 0 Å². The molecule has 3 nitrogen and oxygen atoms in total. The fourth-order valence-electron chi connectivity index (χ4n) is 2.56. The fraction of sp³-hybridized carbons (Fsp3) is 0.625. The summed E-state index contributed by atoms with van der Waals surface area (Å²) in [5, 5.41) is 10.8. The van der Waals surface area contributed by atoms with E-state index in [4.69, 9.17) is 16.3 Å². The molecule has 0 amide bonds. The quantitative estimate of drug-likeness (QED) is 0.906. The van der Waals surface area contributed by atoms with Gasteiger partial charge < -0.3 is 14.7 Å². The first-order chi connectivity index (χ1) is 9.54. The SMILES string of the molecule is Cc1cc(Cl)ccc1OC[C@@H](O)CN1CCC(C)CC1. The number of nitrogens with zero attached hydrogens (tertiary/aromatic N) is 1. The number of halogens is 1. The van der Waals surface area contributed by atoms with Gasteiger partial charge in [0.15, 0.2) is 0 Å². The summed E-state index contributed by atoms with van der Waals surface area (Å²) in [6, 6.07) is 5.53. The van der Waals surface area contributed by atoms with Gasteiger partial charge in [-0.2, -0.15) is 0 Å². The van der Waals surface area contributed by atoms with E-state index in [1.807, 2.05) is 25.1 Å². The number of β-amino-alcohol motifs (C(OH)–C–C–N with tert-alkyl or cyclic N) is 1. The zero-order valence-electron chi connectivity index (χ0n) is 12.3. The second-order valence-corrected chi connectivity index (χ2v) is 6.29. The number of aryl methyl sites for hydroxylation is 1. The van der Waals surface area contributed by atoms with Gasteiger partial charge in [-0.15, -0.1) is 0 Å². The van der Waals surface area contributed by atoms with Crippen LogP contribution in [0.5, 0.6) is 5.75 Å². The molecule has 1 aliphatic rings. The first-order valence-electron chi connectivity index (χ1n) is 7.34. The van der Waals surface area contributed by atoms with Crippen LogP contribution in [0.2, 0.25) is 5.02 Å². The lowest BCUT2D eigenvalue weighted by Gasteiger charge is -2.31. The molecule has 1 aliphatic heterocycles. The summed E-state index contributed by atoms with van der Waals surface area (Å²) in [6.07, 6.45) is 2.01. The minimum Gasteiger partial charge on any atom is -0.491 e. The van der Waals surface area contributed by atoms with Gasteiger partial charge in [-0.25, -0.2) is 0 Å². The number of likely N-dealkylation sites (tertiary alicyclic amines) is 1. The van der Waals surface area contributed by atoms with Crippen molar-refractivity contribution < 1.29 is 9.84 Å². The molecule has 1 aromatic carbocycles. The second-order valence-electron chi connectivity index (χ2n) is 5.86. The van der Waals surface area contributed by atoms with Crippen molar-refractivity contribution in [3.05, 3.63) is 28.8 Å². The van der Waals surface area contributed by atoms with E-state index in [2.05, 4.69) is 11.8 Å². The number of piperidine rings is 1. The van der Waals surface area contributed by atoms with E-state index < -0.39 is 6.10 Å². The summed E-state index contributed by atoms with van der Waals surface area (Å²) < 4.78 is 5.68. The number of hydrogen-bond acceptors (Lipinski definition) is 3. The average molecular weight is 298 g/mol. The summed E-state index contributed by atoms with van der Waals surface area (Å²) in [7, 11) is 0. The van der Waals surface area contributed by atoms with E-state index in [-0.39, 0.29) is 0 Å². The molecule has 2 rings (SSSR count). The molecule has 0 radical (unpaired) electrons. The molecular formula is C16H24ClNO2. The molecule has 1 saturated heterocycles. The van der Waals surface area contributed by atoms with E-state index in [1.54, 1.807) is 0 Å². The van der Waals surface area contributed by atoms with Crippen molar-refractivity contribution in [2.75, 3.05) is 26.2 Å². The zero-order chi connectivity index (χ0) is 14.5. The highest BCUT2D eigenvalue weighted by Gasteiger charge is 2.18. The Bertz CT molecular complexity index is 430. The topological polar surface area (TPSA) is 32.7 Å². The van der Waals surface area contributed by atoms with Gasteiger partial charge in [0.1, 0.15) is 18.5 Å². The third-order valence-corrected chi connectivity index (χ3v) is 4.15. The second kappa shape index (κ2) is 7.30. The molecule has 0 spiro atoms. The monoisotopic (exact) mass is 297 g/mol. The van der Waals surface area contributed by atoms with E-state index in [1.165, 1.54) is 12.8 Å². The third-order valence-electron chi connectivity index (χ3n) is 3.91. The summed E-state index contributed by atoms with van der Waals surface area (Å²) >= 11 is 5.91. The number of benzene rings is 1. The zero-order valence-corrected chi connectivity index (χ0v) is 13.1. The first-order valence-corrected chi connectivity index (χ1v) is 7.72. The van der Waals surface area contributed by atoms with Crippen molar-refractivity contribution in [3.8, 4) is 5.75 Å². The van der Waals surface area contributed by atoms with Crippen LogP contribution in [-0.4, -0.2) is 42.4 Å². The molecule has 4 heteroatoms. The molecule has 1 fully saturated rings. The normalized spacial score (nSPS) is 19.0. The maximum atomic E-state index is 10.1. The molecule has 0 saturated carbocycles. The van der Waals surface area contributed by atoms with Crippen molar-refractivity contribution in [1.82, 2.24) is 4.90 Å². The smallest absolute Gasteiger partial charge is 0.122 e. The van der Waals surface area contributed by atoms with Gasteiger partial charge in [-0.3, -0.25) is 0 Å².